The smallest absolute Gasteiger partial charge is 0.480 e. The van der Waals surface area contributed by atoms with Crippen LogP contribution in [0, 0.1) is 0 Å². The number of carbonyl (C=O) groups is 5. The van der Waals surface area contributed by atoms with Gasteiger partial charge in [-0.3, -0.25) is 19.2 Å². The number of methoxy groups -OCH3 is 1. The molecule has 2 unspecified atom stereocenters. The third-order valence-corrected chi connectivity index (χ3v) is 9.75. The second-order valence-electron chi connectivity index (χ2n) is 11.6. The summed E-state index contributed by atoms with van der Waals surface area (Å²) in [6.07, 6.45) is -1.07. The van der Waals surface area contributed by atoms with Gasteiger partial charge in [0.2, 0.25) is 11.8 Å². The summed E-state index contributed by atoms with van der Waals surface area (Å²) in [5.41, 5.74) is -0.464. The number of nitrogens with one attached hydrogen (secondary N) is 2. The molecule has 4 atom stereocenters. The Balaban J connectivity index is 1.22. The van der Waals surface area contributed by atoms with Crippen molar-refractivity contribution >= 4 is 52.6 Å². The number of β-lactam (4-membered cyclic amide) rings is 1. The molecule has 2 fully saturated rings. The minimum absolute atomic E-state index is 0.0642. The number of carboxylic acid groups (broad SMARTS) is 1. The molecule has 0 saturated carbocycles. The maximum atomic E-state index is 13.6. The molecule has 0 radical (unpaired) electrons. The average molecular weight is 689 g/mol. The number of aromatic nitrogens is 1. The molecule has 2 aliphatic heterocycles. The van der Waals surface area contributed by atoms with Crippen LogP contribution in [0.15, 0.2) is 86.8 Å². The Labute approximate surface area is 280 Å². The highest BCUT2D eigenvalue weighted by Gasteiger charge is 2.64. The molecular weight excluding hydrogens is 660 g/mol. The fourth-order valence-electron chi connectivity index (χ4n) is 5.86. The number of fused-ring (bicyclic) bond motifs is 2. The van der Waals surface area contributed by atoms with Crippen LogP contribution in [0.25, 0.3) is 16.7 Å². The first-order chi connectivity index (χ1) is 23.3. The average Bonchev–Trinajstić information content (AvgIpc) is 3.34. The van der Waals surface area contributed by atoms with Crippen LogP contribution in [-0.2, 0) is 19.1 Å². The molecule has 4 aromatic rings. The lowest BCUT2D eigenvalue weighted by Gasteiger charge is -2.44. The zero-order valence-electron chi connectivity index (χ0n) is 26.1. The van der Waals surface area contributed by atoms with Gasteiger partial charge in [-0.25, -0.2) is 19.0 Å². The molecule has 3 heterocycles. The summed E-state index contributed by atoms with van der Waals surface area (Å²) in [6, 6.07) is 14.6. The van der Waals surface area contributed by atoms with Gasteiger partial charge in [-0.15, -0.1) is 11.8 Å². The zero-order valence-corrected chi connectivity index (χ0v) is 26.9. The number of hydrogen-bond donors (Lipinski definition) is 3. The third-order valence-electron chi connectivity index (χ3n) is 8.18. The molecule has 1 aromatic heterocycles. The van der Waals surface area contributed by atoms with Gasteiger partial charge in [0.15, 0.2) is 11.3 Å². The molecular formula is C33H28N4O11S. The van der Waals surface area contributed by atoms with Crippen molar-refractivity contribution in [2.75, 3.05) is 7.11 Å². The van der Waals surface area contributed by atoms with E-state index in [2.05, 4.69) is 15.4 Å². The van der Waals surface area contributed by atoms with Gasteiger partial charge in [-0.05, 0) is 55.8 Å². The molecule has 49 heavy (non-hydrogen) atoms. The Hall–Kier alpha value is -5.90. The summed E-state index contributed by atoms with van der Waals surface area (Å²) >= 11 is 1.28. The number of aliphatic carboxylic acids is 1. The van der Waals surface area contributed by atoms with E-state index in [1.165, 1.54) is 59.1 Å². The first-order valence-corrected chi connectivity index (χ1v) is 15.6. The molecule has 15 nitrogen and oxygen atoms in total. The number of benzene rings is 3. The predicted octanol–water partition coefficient (Wildman–Crippen LogP) is 2.19. The zero-order chi connectivity index (χ0) is 35.2. The molecule has 0 aliphatic carbocycles. The summed E-state index contributed by atoms with van der Waals surface area (Å²) in [5.74, 6) is -4.30. The number of nitrogens with zero attached hydrogens (tertiary/aromatic N) is 2. The highest BCUT2D eigenvalue weighted by molar-refractivity contribution is 8.01. The number of ether oxygens (including phenoxy) is 2. The van der Waals surface area contributed by atoms with Crippen LogP contribution < -0.4 is 26.7 Å². The van der Waals surface area contributed by atoms with Gasteiger partial charge < -0.3 is 34.5 Å². The van der Waals surface area contributed by atoms with E-state index < -0.39 is 69.4 Å². The summed E-state index contributed by atoms with van der Waals surface area (Å²) in [5, 5.41) is 14.4. The van der Waals surface area contributed by atoms with E-state index in [9.17, 15) is 38.7 Å². The number of carbonyl (C=O) groups excluding carboxylic acids is 4. The summed E-state index contributed by atoms with van der Waals surface area (Å²) in [6.45, 7) is 3.45. The molecule has 2 saturated heterocycles. The Morgan fingerprint density at radius 3 is 2.31 bits per heavy atom. The molecule has 3 amide bonds. The lowest BCUT2D eigenvalue weighted by molar-refractivity contribution is -0.161. The van der Waals surface area contributed by atoms with Crippen molar-refractivity contribution in [1.82, 2.24) is 20.1 Å². The monoisotopic (exact) mass is 688 g/mol. The number of para-hydroxylation sites is 1. The van der Waals surface area contributed by atoms with E-state index in [-0.39, 0.29) is 28.0 Å². The van der Waals surface area contributed by atoms with E-state index in [4.69, 9.17) is 9.15 Å². The van der Waals surface area contributed by atoms with Crippen molar-refractivity contribution in [2.45, 2.75) is 42.1 Å². The van der Waals surface area contributed by atoms with E-state index >= 15 is 0 Å². The van der Waals surface area contributed by atoms with Crippen LogP contribution in [0.4, 0.5) is 4.79 Å². The standard InChI is InChI=1S/C33H28N4O11S/c1-33(2)24(30(42)43)37-28(41)22(29(37)49-33)35-26(39)21(16-8-5-4-6-9-16)34-25(38)17-12-14-18(15-13-17)36-27(40)19-10-7-11-20(47-32(45)46-3)23(19)48-31(36)44/h4-15,21-22,24,29H,1-3H3,(H,34,38)(H,35,39)(H,42,43)/t21-,22-,24?,29?/m1/s1. The minimum atomic E-state index is -1.23. The third kappa shape index (κ3) is 5.90. The molecule has 252 valence electrons. The van der Waals surface area contributed by atoms with E-state index in [1.54, 1.807) is 44.2 Å². The number of amides is 3. The maximum Gasteiger partial charge on any atom is 0.513 e. The van der Waals surface area contributed by atoms with Crippen LogP contribution in [-0.4, -0.2) is 73.7 Å². The first-order valence-electron chi connectivity index (χ1n) is 14.8. The van der Waals surface area contributed by atoms with Crippen LogP contribution in [0.3, 0.4) is 0 Å². The van der Waals surface area contributed by atoms with Crippen molar-refractivity contribution in [1.29, 1.82) is 0 Å². The highest BCUT2D eigenvalue weighted by atomic mass is 32.2. The summed E-state index contributed by atoms with van der Waals surface area (Å²) in [4.78, 5) is 90.9. The predicted molar refractivity (Wildman–Crippen MR) is 173 cm³/mol. The normalized spacial score (nSPS) is 19.7. The largest absolute Gasteiger partial charge is 0.513 e. The fraction of sp³-hybridized carbons (Fsp3) is 0.242. The van der Waals surface area contributed by atoms with Crippen molar-refractivity contribution < 1.29 is 43.0 Å². The molecule has 3 N–H and O–H groups in total. The number of hydrogen-bond acceptors (Lipinski definition) is 11. The lowest BCUT2D eigenvalue weighted by Crippen LogP contribution is -2.71. The molecule has 16 heteroatoms. The molecule has 0 spiro atoms. The van der Waals surface area contributed by atoms with Gasteiger partial charge >= 0.3 is 17.9 Å². The van der Waals surface area contributed by atoms with Gasteiger partial charge in [0.05, 0.1) is 18.2 Å². The first kappa shape index (κ1) is 33.0. The molecule has 0 bridgehead atoms. The summed E-state index contributed by atoms with van der Waals surface area (Å²) in [7, 11) is 1.09. The van der Waals surface area contributed by atoms with Crippen molar-refractivity contribution in [3.63, 3.8) is 0 Å². The molecule has 2 aliphatic rings. The fourth-order valence-corrected chi connectivity index (χ4v) is 7.49. The minimum Gasteiger partial charge on any atom is -0.480 e. The van der Waals surface area contributed by atoms with Gasteiger partial charge in [-0.2, -0.15) is 0 Å². The van der Waals surface area contributed by atoms with E-state index in [1.807, 2.05) is 0 Å². The Kier molecular flexibility index (Phi) is 8.50. The van der Waals surface area contributed by atoms with E-state index in [0.29, 0.717) is 5.56 Å². The number of thioether (sulfide) groups is 1. The van der Waals surface area contributed by atoms with Crippen molar-refractivity contribution in [2.24, 2.45) is 0 Å². The SMILES string of the molecule is COC(=O)Oc1cccc2c(=O)n(-c3ccc(C(=O)N[C@@H](C(=O)N[C@@H]4C(=O)N5C4SC(C)(C)C5C(=O)O)c4ccccc4)cc3)c(=O)oc12. The van der Waals surface area contributed by atoms with Gasteiger partial charge in [-0.1, -0.05) is 36.4 Å². The topological polar surface area (TPSA) is 204 Å². The molecule has 3 aromatic carbocycles. The number of carboxylic acids is 1. The highest BCUT2D eigenvalue weighted by Crippen LogP contribution is 2.50. The van der Waals surface area contributed by atoms with Gasteiger partial charge in [0, 0.05) is 10.3 Å². The maximum absolute atomic E-state index is 13.6. The van der Waals surface area contributed by atoms with E-state index in [0.717, 1.165) is 11.7 Å². The van der Waals surface area contributed by atoms with Crippen LogP contribution in [0.5, 0.6) is 5.75 Å². The quantitative estimate of drug-likeness (QED) is 0.139. The van der Waals surface area contributed by atoms with Crippen LogP contribution in [0.2, 0.25) is 0 Å². The summed E-state index contributed by atoms with van der Waals surface area (Å²) < 4.78 is 14.7. The van der Waals surface area contributed by atoms with Gasteiger partial charge in [0.25, 0.3) is 11.5 Å². The van der Waals surface area contributed by atoms with Crippen LogP contribution in [0.1, 0.15) is 35.8 Å². The Morgan fingerprint density at radius 2 is 1.65 bits per heavy atom. The Bertz CT molecular complexity index is 2130. The van der Waals surface area contributed by atoms with Crippen molar-refractivity contribution in [3.8, 4) is 11.4 Å². The number of rotatable bonds is 8. The Morgan fingerprint density at radius 1 is 0.959 bits per heavy atom. The van der Waals surface area contributed by atoms with Crippen molar-refractivity contribution in [3.05, 3.63) is 105 Å². The molecule has 6 rings (SSSR count). The second kappa shape index (κ2) is 12.6. The lowest BCUT2D eigenvalue weighted by atomic mass is 9.95. The van der Waals surface area contributed by atoms with Gasteiger partial charge in [0.1, 0.15) is 23.5 Å². The van der Waals surface area contributed by atoms with Crippen LogP contribution >= 0.6 is 11.8 Å². The second-order valence-corrected chi connectivity index (χ2v) is 13.4.